The van der Waals surface area contributed by atoms with Crippen molar-refractivity contribution >= 4 is 0 Å². The van der Waals surface area contributed by atoms with Gasteiger partial charge in [0.1, 0.15) is 23.9 Å². The predicted molar refractivity (Wildman–Crippen MR) is 83.1 cm³/mol. The molecule has 5 heteroatoms. The SMILES string of the molecule is CC1COCC(COc2ccccc2)(Oc2cccc(F)c2)O1. The Morgan fingerprint density at radius 1 is 1.13 bits per heavy atom. The molecule has 3 rings (SSSR count). The summed E-state index contributed by atoms with van der Waals surface area (Å²) in [6, 6.07) is 15.3. The van der Waals surface area contributed by atoms with Crippen LogP contribution in [0, 0.1) is 5.82 Å². The van der Waals surface area contributed by atoms with Gasteiger partial charge in [0.25, 0.3) is 5.79 Å². The molecule has 0 amide bonds. The van der Waals surface area contributed by atoms with E-state index in [0.29, 0.717) is 18.1 Å². The topological polar surface area (TPSA) is 36.9 Å². The molecule has 2 atom stereocenters. The Hall–Kier alpha value is -2.11. The van der Waals surface area contributed by atoms with E-state index in [4.69, 9.17) is 18.9 Å². The number of para-hydroxylation sites is 1. The van der Waals surface area contributed by atoms with Gasteiger partial charge >= 0.3 is 0 Å². The molecule has 0 N–H and O–H groups in total. The third-order valence-corrected chi connectivity index (χ3v) is 3.39. The van der Waals surface area contributed by atoms with Crippen LogP contribution in [0.25, 0.3) is 0 Å². The van der Waals surface area contributed by atoms with E-state index in [1.807, 2.05) is 37.3 Å². The average molecular weight is 318 g/mol. The fourth-order valence-corrected chi connectivity index (χ4v) is 2.43. The van der Waals surface area contributed by atoms with Crippen molar-refractivity contribution in [3.63, 3.8) is 0 Å². The summed E-state index contributed by atoms with van der Waals surface area (Å²) in [5.41, 5.74) is 0. The Morgan fingerprint density at radius 3 is 2.65 bits per heavy atom. The molecule has 0 saturated carbocycles. The number of hydrogen-bond acceptors (Lipinski definition) is 4. The minimum atomic E-state index is -1.11. The molecule has 0 bridgehead atoms. The third kappa shape index (κ3) is 4.21. The minimum absolute atomic E-state index is 0.137. The van der Waals surface area contributed by atoms with Crippen molar-refractivity contribution < 1.29 is 23.3 Å². The van der Waals surface area contributed by atoms with Crippen LogP contribution in [0.3, 0.4) is 0 Å². The highest BCUT2D eigenvalue weighted by Crippen LogP contribution is 2.26. The summed E-state index contributed by atoms with van der Waals surface area (Å²) in [4.78, 5) is 0. The van der Waals surface area contributed by atoms with Crippen LogP contribution in [0.2, 0.25) is 0 Å². The standard InChI is InChI=1S/C18H19FO4/c1-14-11-20-12-18(22-14,13-21-16-7-3-2-4-8-16)23-17-9-5-6-15(19)10-17/h2-10,14H,11-13H2,1H3. The molecule has 0 spiro atoms. The molecule has 4 nitrogen and oxygen atoms in total. The van der Waals surface area contributed by atoms with Gasteiger partial charge in [-0.15, -0.1) is 0 Å². The molecule has 1 fully saturated rings. The summed E-state index contributed by atoms with van der Waals surface area (Å²) >= 11 is 0. The molecule has 2 aromatic carbocycles. The van der Waals surface area contributed by atoms with Crippen molar-refractivity contribution in [2.24, 2.45) is 0 Å². The van der Waals surface area contributed by atoms with E-state index in [2.05, 4.69) is 0 Å². The van der Waals surface area contributed by atoms with Gasteiger partial charge in [0.15, 0.2) is 6.61 Å². The summed E-state index contributed by atoms with van der Waals surface area (Å²) in [6.45, 7) is 2.73. The lowest BCUT2D eigenvalue weighted by atomic mass is 10.2. The van der Waals surface area contributed by atoms with Crippen molar-refractivity contribution in [1.82, 2.24) is 0 Å². The van der Waals surface area contributed by atoms with Crippen LogP contribution < -0.4 is 9.47 Å². The van der Waals surface area contributed by atoms with Gasteiger partial charge < -0.3 is 18.9 Å². The molecule has 23 heavy (non-hydrogen) atoms. The van der Waals surface area contributed by atoms with E-state index in [9.17, 15) is 4.39 Å². The van der Waals surface area contributed by atoms with E-state index < -0.39 is 5.79 Å². The van der Waals surface area contributed by atoms with Crippen LogP contribution in [-0.2, 0) is 9.47 Å². The monoisotopic (exact) mass is 318 g/mol. The van der Waals surface area contributed by atoms with Gasteiger partial charge in [0.05, 0.1) is 12.7 Å². The molecule has 2 unspecified atom stereocenters. The van der Waals surface area contributed by atoms with Gasteiger partial charge in [-0.3, -0.25) is 0 Å². The molecule has 1 aliphatic heterocycles. The fourth-order valence-electron chi connectivity index (χ4n) is 2.43. The normalized spacial score (nSPS) is 24.2. The molecular formula is C18H19FO4. The smallest absolute Gasteiger partial charge is 0.268 e. The first kappa shape index (κ1) is 15.8. The lowest BCUT2D eigenvalue weighted by Crippen LogP contribution is -2.55. The van der Waals surface area contributed by atoms with Gasteiger partial charge in [-0.25, -0.2) is 4.39 Å². The van der Waals surface area contributed by atoms with E-state index in [0.717, 1.165) is 0 Å². The second-order valence-electron chi connectivity index (χ2n) is 5.52. The largest absolute Gasteiger partial charge is 0.487 e. The second kappa shape index (κ2) is 6.98. The van der Waals surface area contributed by atoms with Crippen LogP contribution in [0.15, 0.2) is 54.6 Å². The Balaban J connectivity index is 1.76. The quantitative estimate of drug-likeness (QED) is 0.846. The fraction of sp³-hybridized carbons (Fsp3) is 0.333. The third-order valence-electron chi connectivity index (χ3n) is 3.39. The maximum Gasteiger partial charge on any atom is 0.268 e. The van der Waals surface area contributed by atoms with Gasteiger partial charge in [0.2, 0.25) is 0 Å². The van der Waals surface area contributed by atoms with Crippen LogP contribution in [0.5, 0.6) is 11.5 Å². The van der Waals surface area contributed by atoms with E-state index in [-0.39, 0.29) is 25.1 Å². The molecule has 1 aliphatic rings. The van der Waals surface area contributed by atoms with Crippen molar-refractivity contribution in [1.29, 1.82) is 0 Å². The molecule has 1 saturated heterocycles. The van der Waals surface area contributed by atoms with Crippen LogP contribution >= 0.6 is 0 Å². The molecule has 1 heterocycles. The van der Waals surface area contributed by atoms with E-state index in [1.54, 1.807) is 12.1 Å². The number of halogens is 1. The summed E-state index contributed by atoms with van der Waals surface area (Å²) in [5, 5.41) is 0. The summed E-state index contributed by atoms with van der Waals surface area (Å²) in [6.07, 6.45) is -0.142. The zero-order valence-electron chi connectivity index (χ0n) is 12.9. The van der Waals surface area contributed by atoms with Crippen LogP contribution in [0.1, 0.15) is 6.92 Å². The lowest BCUT2D eigenvalue weighted by molar-refractivity contribution is -0.288. The molecule has 0 aliphatic carbocycles. The molecule has 0 radical (unpaired) electrons. The van der Waals surface area contributed by atoms with Crippen molar-refractivity contribution in [3.05, 3.63) is 60.4 Å². The Kier molecular flexibility index (Phi) is 4.79. The predicted octanol–water partition coefficient (Wildman–Crippen LogP) is 3.42. The zero-order valence-corrected chi connectivity index (χ0v) is 12.9. The minimum Gasteiger partial charge on any atom is -0.487 e. The maximum atomic E-state index is 13.4. The highest BCUT2D eigenvalue weighted by molar-refractivity contribution is 5.24. The highest BCUT2D eigenvalue weighted by Gasteiger charge is 2.40. The molecular weight excluding hydrogens is 299 g/mol. The Bertz CT molecular complexity index is 634. The lowest BCUT2D eigenvalue weighted by Gasteiger charge is -2.39. The number of hydrogen-bond donors (Lipinski definition) is 0. The van der Waals surface area contributed by atoms with Crippen molar-refractivity contribution in [3.8, 4) is 11.5 Å². The summed E-state index contributed by atoms with van der Waals surface area (Å²) < 4.78 is 36.6. The van der Waals surface area contributed by atoms with Gasteiger partial charge in [-0.05, 0) is 31.2 Å². The van der Waals surface area contributed by atoms with Crippen LogP contribution in [0.4, 0.5) is 4.39 Å². The second-order valence-corrected chi connectivity index (χ2v) is 5.52. The van der Waals surface area contributed by atoms with Gasteiger partial charge in [-0.1, -0.05) is 24.3 Å². The van der Waals surface area contributed by atoms with E-state index >= 15 is 0 Å². The van der Waals surface area contributed by atoms with Crippen LogP contribution in [-0.4, -0.2) is 31.7 Å². The maximum absolute atomic E-state index is 13.4. The van der Waals surface area contributed by atoms with Gasteiger partial charge in [-0.2, -0.15) is 0 Å². The molecule has 2 aromatic rings. The zero-order chi connectivity index (χ0) is 16.1. The summed E-state index contributed by atoms with van der Waals surface area (Å²) in [7, 11) is 0. The molecule has 0 aromatic heterocycles. The number of benzene rings is 2. The van der Waals surface area contributed by atoms with Crippen molar-refractivity contribution in [2.45, 2.75) is 18.8 Å². The average Bonchev–Trinajstić information content (AvgIpc) is 2.54. The first-order chi connectivity index (χ1) is 11.2. The number of rotatable bonds is 5. The number of ether oxygens (including phenoxy) is 4. The Morgan fingerprint density at radius 2 is 1.91 bits per heavy atom. The molecule has 122 valence electrons. The first-order valence-corrected chi connectivity index (χ1v) is 7.53. The first-order valence-electron chi connectivity index (χ1n) is 7.53. The van der Waals surface area contributed by atoms with Gasteiger partial charge in [0, 0.05) is 6.07 Å². The highest BCUT2D eigenvalue weighted by atomic mass is 19.1. The Labute approximate surface area is 134 Å². The van der Waals surface area contributed by atoms with E-state index in [1.165, 1.54) is 12.1 Å². The van der Waals surface area contributed by atoms with Crippen molar-refractivity contribution in [2.75, 3.05) is 19.8 Å². The summed E-state index contributed by atoms with van der Waals surface area (Å²) in [5.74, 6) is -0.399.